The lowest BCUT2D eigenvalue weighted by atomic mass is 9.88. The number of rotatable bonds is 5. The fourth-order valence-corrected chi connectivity index (χ4v) is 3.70. The molecule has 1 aliphatic carbocycles. The minimum Gasteiger partial charge on any atom is -0.368 e. The Morgan fingerprint density at radius 3 is 2.81 bits per heavy atom. The number of hydrogen-bond donors (Lipinski definition) is 2. The van der Waals surface area contributed by atoms with Crippen molar-refractivity contribution in [2.24, 2.45) is 17.1 Å². The third kappa shape index (κ3) is 1.56. The van der Waals surface area contributed by atoms with Gasteiger partial charge in [-0.2, -0.15) is 0 Å². The Balaban J connectivity index is 2.02. The lowest BCUT2D eigenvalue weighted by Crippen LogP contribution is -2.46. The van der Waals surface area contributed by atoms with Crippen LogP contribution in [0.2, 0.25) is 0 Å². The number of hydrogen-bond acceptors (Lipinski definition) is 2. The van der Waals surface area contributed by atoms with Crippen LogP contribution < -0.4 is 11.1 Å². The van der Waals surface area contributed by atoms with Crippen molar-refractivity contribution in [3.8, 4) is 0 Å². The van der Waals surface area contributed by atoms with E-state index in [9.17, 15) is 4.79 Å². The van der Waals surface area contributed by atoms with Crippen LogP contribution in [-0.4, -0.2) is 17.5 Å². The third-order valence-electron chi connectivity index (χ3n) is 4.88. The van der Waals surface area contributed by atoms with Crippen LogP contribution in [-0.2, 0) is 4.79 Å². The number of fused-ring (bicyclic) bond motifs is 1. The van der Waals surface area contributed by atoms with Gasteiger partial charge in [0.05, 0.1) is 6.04 Å². The van der Waals surface area contributed by atoms with Crippen molar-refractivity contribution in [2.45, 2.75) is 64.5 Å². The lowest BCUT2D eigenvalue weighted by Gasteiger charge is -2.25. The predicted octanol–water partition coefficient (Wildman–Crippen LogP) is 1.81. The molecule has 0 aromatic heterocycles. The number of carbonyl (C=O) groups excluding carboxylic acids is 1. The number of nitrogens with one attached hydrogen (secondary N) is 1. The Hall–Kier alpha value is -0.570. The molecule has 4 atom stereocenters. The van der Waals surface area contributed by atoms with E-state index in [2.05, 4.69) is 26.1 Å². The standard InChI is InChI=1S/C13H24N2O/c1-4-5-6-9(2)13-8-12(13,3)7-10(15-13)11(14)16/h9-10,15H,4-8H2,1-3H3,(H2,14,16)/t9-,10?,12?,13?/m0/s1. The van der Waals surface area contributed by atoms with Crippen LogP contribution in [0.15, 0.2) is 0 Å². The van der Waals surface area contributed by atoms with Gasteiger partial charge in [0, 0.05) is 5.54 Å². The van der Waals surface area contributed by atoms with E-state index >= 15 is 0 Å². The van der Waals surface area contributed by atoms with E-state index in [1.54, 1.807) is 0 Å². The summed E-state index contributed by atoms with van der Waals surface area (Å²) in [6, 6.07) is -0.0946. The predicted molar refractivity (Wildman–Crippen MR) is 64.9 cm³/mol. The van der Waals surface area contributed by atoms with Gasteiger partial charge in [-0.05, 0) is 30.6 Å². The van der Waals surface area contributed by atoms with Crippen LogP contribution in [0.4, 0.5) is 0 Å². The molecule has 92 valence electrons. The average molecular weight is 224 g/mol. The molecule has 2 aliphatic rings. The Kier molecular flexibility index (Phi) is 2.77. The van der Waals surface area contributed by atoms with E-state index < -0.39 is 0 Å². The maximum Gasteiger partial charge on any atom is 0.234 e. The summed E-state index contributed by atoms with van der Waals surface area (Å²) in [6.45, 7) is 6.84. The van der Waals surface area contributed by atoms with Crippen LogP contribution in [0, 0.1) is 11.3 Å². The van der Waals surface area contributed by atoms with Crippen molar-refractivity contribution in [3.63, 3.8) is 0 Å². The van der Waals surface area contributed by atoms with Crippen molar-refractivity contribution in [1.29, 1.82) is 0 Å². The number of primary amides is 1. The number of amides is 1. The van der Waals surface area contributed by atoms with E-state index in [4.69, 9.17) is 5.73 Å². The highest BCUT2D eigenvalue weighted by Crippen LogP contribution is 2.67. The number of carbonyl (C=O) groups is 1. The molecular formula is C13H24N2O. The summed E-state index contributed by atoms with van der Waals surface area (Å²) in [5.41, 5.74) is 5.93. The summed E-state index contributed by atoms with van der Waals surface area (Å²) in [5.74, 6) is 0.470. The first kappa shape index (κ1) is 11.9. The molecule has 2 rings (SSSR count). The van der Waals surface area contributed by atoms with Gasteiger partial charge in [-0.25, -0.2) is 0 Å². The Morgan fingerprint density at radius 2 is 2.31 bits per heavy atom. The highest BCUT2D eigenvalue weighted by Gasteiger charge is 2.71. The van der Waals surface area contributed by atoms with Crippen LogP contribution in [0.25, 0.3) is 0 Å². The first-order chi connectivity index (χ1) is 7.45. The molecule has 1 heterocycles. The second kappa shape index (κ2) is 3.73. The third-order valence-corrected chi connectivity index (χ3v) is 4.88. The van der Waals surface area contributed by atoms with E-state index in [-0.39, 0.29) is 17.5 Å². The zero-order chi connectivity index (χ0) is 12.0. The minimum absolute atomic E-state index is 0.0946. The van der Waals surface area contributed by atoms with Gasteiger partial charge in [0.15, 0.2) is 0 Å². The molecule has 0 aromatic rings. The van der Waals surface area contributed by atoms with Crippen LogP contribution in [0.3, 0.4) is 0 Å². The first-order valence-electron chi connectivity index (χ1n) is 6.52. The maximum atomic E-state index is 11.2. The molecule has 1 saturated heterocycles. The van der Waals surface area contributed by atoms with E-state index in [1.165, 1.54) is 25.7 Å². The molecule has 0 spiro atoms. The summed E-state index contributed by atoms with van der Waals surface area (Å²) in [5, 5.41) is 3.52. The fraction of sp³-hybridized carbons (Fsp3) is 0.923. The van der Waals surface area contributed by atoms with Crippen molar-refractivity contribution in [2.75, 3.05) is 0 Å². The Labute approximate surface area is 98.2 Å². The molecular weight excluding hydrogens is 200 g/mol. The topological polar surface area (TPSA) is 55.1 Å². The van der Waals surface area contributed by atoms with Crippen LogP contribution >= 0.6 is 0 Å². The molecule has 0 radical (unpaired) electrons. The van der Waals surface area contributed by atoms with Gasteiger partial charge in [0.2, 0.25) is 5.91 Å². The van der Waals surface area contributed by atoms with Gasteiger partial charge in [-0.3, -0.25) is 10.1 Å². The van der Waals surface area contributed by atoms with Gasteiger partial charge >= 0.3 is 0 Å². The van der Waals surface area contributed by atoms with E-state index in [1.807, 2.05) is 0 Å². The second-order valence-corrected chi connectivity index (χ2v) is 6.06. The van der Waals surface area contributed by atoms with Gasteiger partial charge < -0.3 is 5.73 Å². The molecule has 1 aliphatic heterocycles. The van der Waals surface area contributed by atoms with Crippen molar-refractivity contribution < 1.29 is 4.79 Å². The largest absolute Gasteiger partial charge is 0.368 e. The molecule has 3 nitrogen and oxygen atoms in total. The maximum absolute atomic E-state index is 11.2. The first-order valence-corrected chi connectivity index (χ1v) is 6.52. The van der Waals surface area contributed by atoms with Gasteiger partial charge in [0.1, 0.15) is 0 Å². The normalized spacial score (nSPS) is 42.8. The molecule has 1 amide bonds. The van der Waals surface area contributed by atoms with Gasteiger partial charge in [-0.15, -0.1) is 0 Å². The smallest absolute Gasteiger partial charge is 0.234 e. The number of piperidine rings is 1. The monoisotopic (exact) mass is 224 g/mol. The quantitative estimate of drug-likeness (QED) is 0.748. The molecule has 0 aromatic carbocycles. The molecule has 2 fully saturated rings. The van der Waals surface area contributed by atoms with E-state index in [0.29, 0.717) is 11.3 Å². The van der Waals surface area contributed by atoms with Crippen molar-refractivity contribution >= 4 is 5.91 Å². The molecule has 16 heavy (non-hydrogen) atoms. The molecule has 3 unspecified atom stereocenters. The highest BCUT2D eigenvalue weighted by atomic mass is 16.1. The zero-order valence-electron chi connectivity index (χ0n) is 10.7. The number of unbranched alkanes of at least 4 members (excludes halogenated alkanes) is 1. The highest BCUT2D eigenvalue weighted by molar-refractivity contribution is 5.81. The average Bonchev–Trinajstić information content (AvgIpc) is 2.69. The van der Waals surface area contributed by atoms with Gasteiger partial charge in [-0.1, -0.05) is 33.6 Å². The lowest BCUT2D eigenvalue weighted by molar-refractivity contribution is -0.120. The summed E-state index contributed by atoms with van der Waals surface area (Å²) in [7, 11) is 0. The summed E-state index contributed by atoms with van der Waals surface area (Å²) in [6.07, 6.45) is 5.93. The SMILES string of the molecule is CCCC[C@H](C)C12CC1(C)CC(C(N)=O)N2. The van der Waals surface area contributed by atoms with Crippen molar-refractivity contribution in [3.05, 3.63) is 0 Å². The molecule has 3 heteroatoms. The Bertz CT molecular complexity index is 304. The summed E-state index contributed by atoms with van der Waals surface area (Å²) < 4.78 is 0. The van der Waals surface area contributed by atoms with Crippen LogP contribution in [0.5, 0.6) is 0 Å². The van der Waals surface area contributed by atoms with E-state index in [0.717, 1.165) is 6.42 Å². The number of nitrogens with two attached hydrogens (primary N) is 1. The molecule has 0 bridgehead atoms. The zero-order valence-corrected chi connectivity index (χ0v) is 10.7. The fourth-order valence-electron chi connectivity index (χ4n) is 3.70. The molecule has 1 saturated carbocycles. The van der Waals surface area contributed by atoms with Crippen molar-refractivity contribution in [1.82, 2.24) is 5.32 Å². The van der Waals surface area contributed by atoms with Crippen LogP contribution in [0.1, 0.15) is 52.9 Å². The van der Waals surface area contributed by atoms with Gasteiger partial charge in [0.25, 0.3) is 0 Å². The summed E-state index contributed by atoms with van der Waals surface area (Å²) >= 11 is 0. The summed E-state index contributed by atoms with van der Waals surface area (Å²) in [4.78, 5) is 11.2. The second-order valence-electron chi connectivity index (χ2n) is 6.06. The Morgan fingerprint density at radius 1 is 1.62 bits per heavy atom. The molecule has 3 N–H and O–H groups in total. The minimum atomic E-state index is -0.185.